The third-order valence-corrected chi connectivity index (χ3v) is 2.78. The number of hydrogen-bond donors (Lipinski definition) is 1. The first kappa shape index (κ1) is 9.76. The number of non-ortho nitro benzene ring substituents is 1. The molecule has 0 saturated carbocycles. The predicted octanol–water partition coefficient (Wildman–Crippen LogP) is 1.20. The van der Waals surface area contributed by atoms with Crippen LogP contribution in [0.15, 0.2) is 23.2 Å². The van der Waals surface area contributed by atoms with Crippen molar-refractivity contribution in [3.05, 3.63) is 33.9 Å². The summed E-state index contributed by atoms with van der Waals surface area (Å²) in [4.78, 5) is 27.6. The molecule has 7 heteroatoms. The van der Waals surface area contributed by atoms with Crippen LogP contribution in [0.2, 0.25) is 0 Å². The summed E-state index contributed by atoms with van der Waals surface area (Å²) in [7, 11) is 0. The summed E-state index contributed by atoms with van der Waals surface area (Å²) in [5.74, 6) is 0.521. The Kier molecular flexibility index (Phi) is 1.88. The molecule has 1 N–H and O–H groups in total. The molecule has 0 bridgehead atoms. The number of fused-ring (bicyclic) bond motifs is 3. The lowest BCUT2D eigenvalue weighted by atomic mass is 10.1. The van der Waals surface area contributed by atoms with E-state index in [2.05, 4.69) is 10.3 Å². The second-order valence-electron chi connectivity index (χ2n) is 3.77. The first-order valence-electron chi connectivity index (χ1n) is 5.08. The maximum absolute atomic E-state index is 11.7. The number of nitrogens with one attached hydrogen (secondary N) is 1. The Labute approximate surface area is 95.9 Å². The lowest BCUT2D eigenvalue weighted by molar-refractivity contribution is -0.384. The van der Waals surface area contributed by atoms with Crippen LogP contribution in [-0.4, -0.2) is 34.8 Å². The van der Waals surface area contributed by atoms with Crippen molar-refractivity contribution in [2.24, 2.45) is 4.99 Å². The number of benzene rings is 1. The van der Waals surface area contributed by atoms with Gasteiger partial charge in [-0.3, -0.25) is 20.0 Å². The summed E-state index contributed by atoms with van der Waals surface area (Å²) in [6.45, 7) is 1.05. The van der Waals surface area contributed by atoms with Gasteiger partial charge in [-0.25, -0.2) is 4.79 Å². The van der Waals surface area contributed by atoms with Crippen LogP contribution >= 0.6 is 0 Å². The number of nitro groups is 1. The number of amidine groups is 1. The van der Waals surface area contributed by atoms with E-state index in [1.807, 2.05) is 0 Å². The number of nitro benzene ring substituents is 1. The van der Waals surface area contributed by atoms with Crippen LogP contribution in [0.3, 0.4) is 0 Å². The SMILES string of the molecule is O=C1Nc2ccc([N+](=O)[O-])cc2C2=NCCN12. The zero-order valence-corrected chi connectivity index (χ0v) is 8.71. The van der Waals surface area contributed by atoms with E-state index in [1.54, 1.807) is 0 Å². The van der Waals surface area contributed by atoms with Gasteiger partial charge in [0.1, 0.15) is 5.84 Å². The molecule has 3 rings (SSSR count). The number of rotatable bonds is 1. The number of amides is 2. The van der Waals surface area contributed by atoms with Gasteiger partial charge in [0.2, 0.25) is 0 Å². The van der Waals surface area contributed by atoms with E-state index in [4.69, 9.17) is 0 Å². The lowest BCUT2D eigenvalue weighted by Gasteiger charge is -2.26. The first-order chi connectivity index (χ1) is 8.16. The molecule has 0 aromatic heterocycles. The molecule has 0 aliphatic carbocycles. The first-order valence-corrected chi connectivity index (χ1v) is 5.08. The van der Waals surface area contributed by atoms with E-state index in [9.17, 15) is 14.9 Å². The van der Waals surface area contributed by atoms with Crippen LogP contribution < -0.4 is 5.32 Å². The van der Waals surface area contributed by atoms with Crippen molar-refractivity contribution in [1.29, 1.82) is 0 Å². The minimum absolute atomic E-state index is 0.00514. The van der Waals surface area contributed by atoms with Crippen molar-refractivity contribution in [2.75, 3.05) is 18.4 Å². The van der Waals surface area contributed by atoms with Gasteiger partial charge in [-0.15, -0.1) is 0 Å². The highest BCUT2D eigenvalue weighted by Gasteiger charge is 2.32. The van der Waals surface area contributed by atoms with E-state index in [0.717, 1.165) is 0 Å². The van der Waals surface area contributed by atoms with Gasteiger partial charge in [0.15, 0.2) is 0 Å². The van der Waals surface area contributed by atoms with Gasteiger partial charge in [0, 0.05) is 24.2 Å². The van der Waals surface area contributed by atoms with Crippen LogP contribution in [0.25, 0.3) is 0 Å². The fourth-order valence-electron chi connectivity index (χ4n) is 2.00. The zero-order valence-electron chi connectivity index (χ0n) is 8.71. The Hall–Kier alpha value is -2.44. The zero-order chi connectivity index (χ0) is 12.0. The molecule has 2 aliphatic rings. The van der Waals surface area contributed by atoms with Crippen molar-refractivity contribution >= 4 is 23.2 Å². The molecular weight excluding hydrogens is 224 g/mol. The van der Waals surface area contributed by atoms with Gasteiger partial charge >= 0.3 is 6.03 Å². The van der Waals surface area contributed by atoms with Gasteiger partial charge in [-0.1, -0.05) is 0 Å². The van der Waals surface area contributed by atoms with Crippen LogP contribution in [0.5, 0.6) is 0 Å². The number of anilines is 1. The van der Waals surface area contributed by atoms with E-state index in [1.165, 1.54) is 23.1 Å². The molecule has 1 aromatic carbocycles. The number of urea groups is 1. The Morgan fingerprint density at radius 2 is 2.29 bits per heavy atom. The summed E-state index contributed by atoms with van der Waals surface area (Å²) < 4.78 is 0. The molecule has 0 fully saturated rings. The Morgan fingerprint density at radius 3 is 3.06 bits per heavy atom. The molecule has 1 aromatic rings. The van der Waals surface area contributed by atoms with Crippen molar-refractivity contribution in [1.82, 2.24) is 4.90 Å². The molecule has 86 valence electrons. The average molecular weight is 232 g/mol. The van der Waals surface area contributed by atoms with E-state index < -0.39 is 4.92 Å². The van der Waals surface area contributed by atoms with Crippen LogP contribution in [0, 0.1) is 10.1 Å². The second kappa shape index (κ2) is 3.27. The van der Waals surface area contributed by atoms with Crippen molar-refractivity contribution < 1.29 is 9.72 Å². The maximum Gasteiger partial charge on any atom is 0.327 e. The van der Waals surface area contributed by atoms with E-state index >= 15 is 0 Å². The van der Waals surface area contributed by atoms with Gasteiger partial charge < -0.3 is 5.32 Å². The molecular formula is C10H8N4O3. The number of carbonyl (C=O) groups is 1. The second-order valence-corrected chi connectivity index (χ2v) is 3.77. The maximum atomic E-state index is 11.7. The predicted molar refractivity (Wildman–Crippen MR) is 60.2 cm³/mol. The van der Waals surface area contributed by atoms with E-state index in [0.29, 0.717) is 30.2 Å². The third-order valence-electron chi connectivity index (χ3n) is 2.78. The fourth-order valence-corrected chi connectivity index (χ4v) is 2.00. The molecule has 17 heavy (non-hydrogen) atoms. The molecule has 0 saturated heterocycles. The number of hydrogen-bond acceptors (Lipinski definition) is 4. The molecule has 0 atom stereocenters. The fraction of sp³-hybridized carbons (Fsp3) is 0.200. The standard InChI is InChI=1S/C10H8N4O3/c15-10-12-8-2-1-6(14(16)17)5-7(8)9-11-3-4-13(9)10/h1-2,5H,3-4H2,(H,12,15). The molecule has 7 nitrogen and oxygen atoms in total. The van der Waals surface area contributed by atoms with Gasteiger partial charge in [0.05, 0.1) is 17.2 Å². The normalized spacial score (nSPS) is 17.1. The van der Waals surface area contributed by atoms with Crippen molar-refractivity contribution in [3.8, 4) is 0 Å². The molecule has 0 unspecified atom stereocenters. The summed E-state index contributed by atoms with van der Waals surface area (Å²) in [6.07, 6.45) is 0. The molecule has 0 spiro atoms. The summed E-state index contributed by atoms with van der Waals surface area (Å²) in [6, 6.07) is 4.10. The van der Waals surface area contributed by atoms with Gasteiger partial charge in [-0.2, -0.15) is 0 Å². The van der Waals surface area contributed by atoms with E-state index in [-0.39, 0.29) is 11.7 Å². The van der Waals surface area contributed by atoms with Crippen molar-refractivity contribution in [2.45, 2.75) is 0 Å². The van der Waals surface area contributed by atoms with Gasteiger partial charge in [0.25, 0.3) is 5.69 Å². The van der Waals surface area contributed by atoms with Crippen LogP contribution in [0.1, 0.15) is 5.56 Å². The molecule has 2 amide bonds. The van der Waals surface area contributed by atoms with Crippen LogP contribution in [-0.2, 0) is 0 Å². The summed E-state index contributed by atoms with van der Waals surface area (Å²) in [5, 5.41) is 13.4. The quantitative estimate of drug-likeness (QED) is 0.582. The smallest absolute Gasteiger partial charge is 0.307 e. The summed E-state index contributed by atoms with van der Waals surface area (Å²) >= 11 is 0. The Balaban J connectivity index is 2.16. The highest BCUT2D eigenvalue weighted by atomic mass is 16.6. The lowest BCUT2D eigenvalue weighted by Crippen LogP contribution is -2.42. The monoisotopic (exact) mass is 232 g/mol. The largest absolute Gasteiger partial charge is 0.327 e. The summed E-state index contributed by atoms with van der Waals surface area (Å²) in [5.41, 5.74) is 1.17. The minimum Gasteiger partial charge on any atom is -0.307 e. The van der Waals surface area contributed by atoms with Crippen LogP contribution in [0.4, 0.5) is 16.2 Å². The number of nitrogens with zero attached hydrogens (tertiary/aromatic N) is 3. The molecule has 2 aliphatic heterocycles. The topological polar surface area (TPSA) is 87.8 Å². The minimum atomic E-state index is -0.462. The van der Waals surface area contributed by atoms with Gasteiger partial charge in [-0.05, 0) is 6.07 Å². The number of carbonyl (C=O) groups excluding carboxylic acids is 1. The number of aliphatic imine (C=N–C) groups is 1. The Bertz CT molecular complexity index is 567. The molecule has 0 radical (unpaired) electrons. The molecule has 2 heterocycles. The Morgan fingerprint density at radius 1 is 1.47 bits per heavy atom. The van der Waals surface area contributed by atoms with Crippen molar-refractivity contribution in [3.63, 3.8) is 0 Å². The average Bonchev–Trinajstić information content (AvgIpc) is 2.78. The highest BCUT2D eigenvalue weighted by Crippen LogP contribution is 2.29. The highest BCUT2D eigenvalue weighted by molar-refractivity contribution is 6.19. The third kappa shape index (κ3) is 1.36.